The van der Waals surface area contributed by atoms with Gasteiger partial charge in [-0.25, -0.2) is 4.98 Å². The number of aromatic nitrogens is 2. The van der Waals surface area contributed by atoms with Crippen molar-refractivity contribution in [1.82, 2.24) is 14.9 Å². The summed E-state index contributed by atoms with van der Waals surface area (Å²) in [5.41, 5.74) is 1.51. The molecule has 0 bridgehead atoms. The van der Waals surface area contributed by atoms with Crippen LogP contribution in [-0.4, -0.2) is 35.2 Å². The fourth-order valence-electron chi connectivity index (χ4n) is 2.71. The molecule has 1 atom stereocenters. The molecule has 6 nitrogen and oxygen atoms in total. The molecule has 2 aromatic heterocycles. The average molecular weight is 378 g/mol. The first-order valence-electron chi connectivity index (χ1n) is 7.60. The average Bonchev–Trinajstić information content (AvgIpc) is 2.53. The molecule has 1 aliphatic rings. The molecule has 1 fully saturated rings. The van der Waals surface area contributed by atoms with Gasteiger partial charge in [-0.2, -0.15) is 0 Å². The number of nitrogens with one attached hydrogen (secondary N) is 2. The van der Waals surface area contributed by atoms with Gasteiger partial charge in [0.15, 0.2) is 0 Å². The van der Waals surface area contributed by atoms with Crippen LogP contribution in [0.2, 0.25) is 0 Å². The Morgan fingerprint density at radius 2 is 2.26 bits per heavy atom. The Labute approximate surface area is 143 Å². The van der Waals surface area contributed by atoms with Gasteiger partial charge in [-0.05, 0) is 41.1 Å². The van der Waals surface area contributed by atoms with E-state index in [1.54, 1.807) is 19.3 Å². The molecule has 23 heavy (non-hydrogen) atoms. The molecule has 0 amide bonds. The first-order valence-corrected chi connectivity index (χ1v) is 8.40. The first kappa shape index (κ1) is 16.0. The van der Waals surface area contributed by atoms with E-state index in [2.05, 4.69) is 43.4 Å². The van der Waals surface area contributed by atoms with Crippen molar-refractivity contribution in [2.75, 3.05) is 29.9 Å². The van der Waals surface area contributed by atoms with Crippen molar-refractivity contribution >= 4 is 33.1 Å². The fraction of sp³-hybridized carbons (Fsp3) is 0.375. The second kappa shape index (κ2) is 6.72. The fourth-order valence-corrected chi connectivity index (χ4v) is 3.25. The number of rotatable bonds is 3. The van der Waals surface area contributed by atoms with Gasteiger partial charge in [-0.15, -0.1) is 0 Å². The molecule has 122 valence electrons. The Balaban J connectivity index is 1.77. The van der Waals surface area contributed by atoms with Gasteiger partial charge in [-0.1, -0.05) is 0 Å². The smallest absolute Gasteiger partial charge is 0.274 e. The quantitative estimate of drug-likeness (QED) is 0.857. The summed E-state index contributed by atoms with van der Waals surface area (Å²) in [4.78, 5) is 18.9. The third-order valence-corrected chi connectivity index (χ3v) is 4.33. The normalized spacial score (nSPS) is 18.0. The lowest BCUT2D eigenvalue weighted by Crippen LogP contribution is -2.49. The maximum Gasteiger partial charge on any atom is 0.274 e. The highest BCUT2D eigenvalue weighted by atomic mass is 79.9. The Morgan fingerprint density at radius 3 is 2.96 bits per heavy atom. The maximum atomic E-state index is 12.1. The number of hydrogen-bond acceptors (Lipinski definition) is 5. The lowest BCUT2D eigenvalue weighted by molar-refractivity contribution is 0.484. The van der Waals surface area contributed by atoms with Crippen LogP contribution in [0.1, 0.15) is 6.92 Å². The van der Waals surface area contributed by atoms with E-state index >= 15 is 0 Å². The molecule has 1 unspecified atom stereocenters. The highest BCUT2D eigenvalue weighted by molar-refractivity contribution is 9.10. The standard InChI is InChI=1S/C16H20BrN5O/c1-11-9-22(6-5-18-11)13-3-4-15(19-8-13)20-14-7-12(17)10-21(2)16(14)23/h3-4,7-8,10-11,18H,5-6,9H2,1-2H3,(H,19,20). The van der Waals surface area contributed by atoms with Crippen LogP contribution in [0.3, 0.4) is 0 Å². The molecule has 3 rings (SSSR count). The molecule has 1 saturated heterocycles. The Morgan fingerprint density at radius 1 is 1.43 bits per heavy atom. The topological polar surface area (TPSA) is 62.2 Å². The third kappa shape index (κ3) is 3.73. The van der Waals surface area contributed by atoms with Gasteiger partial charge in [0.1, 0.15) is 11.5 Å². The molecule has 0 saturated carbocycles. The van der Waals surface area contributed by atoms with E-state index in [9.17, 15) is 4.79 Å². The third-order valence-electron chi connectivity index (χ3n) is 3.89. The number of piperazine rings is 1. The number of nitrogens with zero attached hydrogens (tertiary/aromatic N) is 3. The van der Waals surface area contributed by atoms with Gasteiger partial charge in [0.25, 0.3) is 5.56 Å². The van der Waals surface area contributed by atoms with Gasteiger partial charge in [0.05, 0.1) is 11.9 Å². The van der Waals surface area contributed by atoms with E-state index in [4.69, 9.17) is 0 Å². The minimum absolute atomic E-state index is 0.0880. The van der Waals surface area contributed by atoms with Crippen molar-refractivity contribution in [3.8, 4) is 0 Å². The molecule has 2 aromatic rings. The number of pyridine rings is 2. The Kier molecular flexibility index (Phi) is 4.68. The molecule has 3 heterocycles. The Hall–Kier alpha value is -1.86. The molecular formula is C16H20BrN5O. The van der Waals surface area contributed by atoms with Gasteiger partial charge >= 0.3 is 0 Å². The van der Waals surface area contributed by atoms with E-state index in [0.29, 0.717) is 17.5 Å². The number of hydrogen-bond donors (Lipinski definition) is 2. The Bertz CT molecular complexity index is 743. The van der Waals surface area contributed by atoms with Crippen LogP contribution in [0, 0.1) is 0 Å². The summed E-state index contributed by atoms with van der Waals surface area (Å²) >= 11 is 3.40. The van der Waals surface area contributed by atoms with Crippen LogP contribution in [-0.2, 0) is 7.05 Å². The van der Waals surface area contributed by atoms with Crippen LogP contribution in [0.15, 0.2) is 39.9 Å². The van der Waals surface area contributed by atoms with Crippen LogP contribution >= 0.6 is 15.9 Å². The zero-order chi connectivity index (χ0) is 16.4. The number of halogens is 1. The highest BCUT2D eigenvalue weighted by Gasteiger charge is 2.16. The second-order valence-corrected chi connectivity index (χ2v) is 6.73. The minimum Gasteiger partial charge on any atom is -0.367 e. The van der Waals surface area contributed by atoms with E-state index in [-0.39, 0.29) is 5.56 Å². The summed E-state index contributed by atoms with van der Waals surface area (Å²) in [7, 11) is 1.72. The lowest BCUT2D eigenvalue weighted by atomic mass is 10.2. The van der Waals surface area contributed by atoms with E-state index in [0.717, 1.165) is 29.8 Å². The summed E-state index contributed by atoms with van der Waals surface area (Å²) in [6, 6.07) is 6.18. The maximum absolute atomic E-state index is 12.1. The molecule has 1 aliphatic heterocycles. The summed E-state index contributed by atoms with van der Waals surface area (Å²) in [5, 5.41) is 6.51. The lowest BCUT2D eigenvalue weighted by Gasteiger charge is -2.33. The summed E-state index contributed by atoms with van der Waals surface area (Å²) < 4.78 is 2.37. The van der Waals surface area contributed by atoms with Crippen LogP contribution in [0.4, 0.5) is 17.2 Å². The predicted octanol–water partition coefficient (Wildman–Crippen LogP) is 2.08. The van der Waals surface area contributed by atoms with Crippen LogP contribution < -0.4 is 21.1 Å². The van der Waals surface area contributed by atoms with Crippen molar-refractivity contribution in [2.24, 2.45) is 7.05 Å². The predicted molar refractivity (Wildman–Crippen MR) is 96.6 cm³/mol. The summed E-state index contributed by atoms with van der Waals surface area (Å²) in [6.07, 6.45) is 3.58. The van der Waals surface area contributed by atoms with Gasteiger partial charge in [-0.3, -0.25) is 4.79 Å². The molecule has 0 aliphatic carbocycles. The van der Waals surface area contributed by atoms with E-state index in [1.807, 2.05) is 18.3 Å². The zero-order valence-corrected chi connectivity index (χ0v) is 14.8. The molecule has 0 radical (unpaired) electrons. The SMILES string of the molecule is CC1CN(c2ccc(Nc3cc(Br)cn(C)c3=O)nc2)CCN1. The molecule has 7 heteroatoms. The largest absolute Gasteiger partial charge is 0.367 e. The second-order valence-electron chi connectivity index (χ2n) is 5.82. The van der Waals surface area contributed by atoms with Crippen molar-refractivity contribution in [3.05, 3.63) is 45.4 Å². The van der Waals surface area contributed by atoms with Crippen molar-refractivity contribution in [1.29, 1.82) is 0 Å². The minimum atomic E-state index is -0.0880. The molecule has 0 aromatic carbocycles. The van der Waals surface area contributed by atoms with Gasteiger partial charge < -0.3 is 20.1 Å². The van der Waals surface area contributed by atoms with Gasteiger partial charge in [0, 0.05) is 43.4 Å². The molecule has 0 spiro atoms. The van der Waals surface area contributed by atoms with Crippen molar-refractivity contribution in [3.63, 3.8) is 0 Å². The van der Waals surface area contributed by atoms with E-state index < -0.39 is 0 Å². The highest BCUT2D eigenvalue weighted by Crippen LogP contribution is 2.19. The zero-order valence-electron chi connectivity index (χ0n) is 13.2. The van der Waals surface area contributed by atoms with Gasteiger partial charge in [0.2, 0.25) is 0 Å². The van der Waals surface area contributed by atoms with Crippen LogP contribution in [0.25, 0.3) is 0 Å². The first-order chi connectivity index (χ1) is 11.0. The molecule has 2 N–H and O–H groups in total. The van der Waals surface area contributed by atoms with Crippen molar-refractivity contribution < 1.29 is 0 Å². The van der Waals surface area contributed by atoms with Crippen LogP contribution in [0.5, 0.6) is 0 Å². The molecular weight excluding hydrogens is 358 g/mol. The number of anilines is 3. The monoisotopic (exact) mass is 377 g/mol. The van der Waals surface area contributed by atoms with E-state index in [1.165, 1.54) is 4.57 Å². The summed E-state index contributed by atoms with van der Waals surface area (Å²) in [6.45, 7) is 5.11. The van der Waals surface area contributed by atoms with Crippen molar-refractivity contribution in [2.45, 2.75) is 13.0 Å². The summed E-state index contributed by atoms with van der Waals surface area (Å²) in [5.74, 6) is 0.659. The number of aryl methyl sites for hydroxylation is 1.